The van der Waals surface area contributed by atoms with E-state index in [2.05, 4.69) is 20.6 Å². The van der Waals surface area contributed by atoms with Crippen molar-refractivity contribution in [2.24, 2.45) is 0 Å². The highest BCUT2D eigenvalue weighted by Crippen LogP contribution is 2.30. The molecular weight excluding hydrogens is 301 g/mol. The van der Waals surface area contributed by atoms with Crippen molar-refractivity contribution in [2.45, 2.75) is 38.6 Å². The fraction of sp³-hybridized carbons (Fsp3) is 0.692. The van der Waals surface area contributed by atoms with Crippen LogP contribution in [0.5, 0.6) is 0 Å². The molecule has 0 amide bonds. The number of anilines is 2. The summed E-state index contributed by atoms with van der Waals surface area (Å²) in [7, 11) is 1.76. The van der Waals surface area contributed by atoms with Crippen molar-refractivity contribution in [1.82, 2.24) is 9.97 Å². The lowest BCUT2D eigenvalue weighted by molar-refractivity contribution is -0.0327. The van der Waals surface area contributed by atoms with Crippen LogP contribution in [0.15, 0.2) is 0 Å². The molecule has 0 aliphatic carbocycles. The molecule has 0 spiro atoms. The van der Waals surface area contributed by atoms with E-state index in [1.165, 1.54) is 0 Å². The van der Waals surface area contributed by atoms with Crippen LogP contribution in [0, 0.1) is 6.92 Å². The molecule has 0 saturated carbocycles. The second kappa shape index (κ2) is 6.72. The molecule has 0 fully saturated rings. The highest BCUT2D eigenvalue weighted by atomic mass is 32.2. The highest BCUT2D eigenvalue weighted by Gasteiger charge is 2.27. The lowest BCUT2D eigenvalue weighted by atomic mass is 9.95. The van der Waals surface area contributed by atoms with Crippen LogP contribution in [0.2, 0.25) is 0 Å². The summed E-state index contributed by atoms with van der Waals surface area (Å²) >= 11 is -0.0432. The third kappa shape index (κ3) is 5.61. The average Bonchev–Trinajstić information content (AvgIpc) is 2.33. The van der Waals surface area contributed by atoms with Crippen molar-refractivity contribution in [1.29, 1.82) is 0 Å². The summed E-state index contributed by atoms with van der Waals surface area (Å²) in [5.41, 5.74) is -3.64. The lowest BCUT2D eigenvalue weighted by Crippen LogP contribution is -2.20. The number of nitrogens with zero attached hydrogens (tertiary/aromatic N) is 2. The maximum atomic E-state index is 12.1. The molecule has 1 aromatic heterocycles. The zero-order valence-corrected chi connectivity index (χ0v) is 13.7. The van der Waals surface area contributed by atoms with Crippen LogP contribution in [0.1, 0.15) is 32.2 Å². The first-order valence-electron chi connectivity index (χ1n) is 6.56. The summed E-state index contributed by atoms with van der Waals surface area (Å²) in [5, 5.41) is 5.95. The second-order valence-corrected chi connectivity index (χ2v) is 6.75. The van der Waals surface area contributed by atoms with Gasteiger partial charge in [0.05, 0.1) is 0 Å². The quantitative estimate of drug-likeness (QED) is 0.808. The Bertz CT molecular complexity index is 484. The summed E-state index contributed by atoms with van der Waals surface area (Å²) < 4.78 is 36.3. The van der Waals surface area contributed by atoms with Gasteiger partial charge in [0.2, 0.25) is 0 Å². The Morgan fingerprint density at radius 3 is 2.14 bits per heavy atom. The van der Waals surface area contributed by atoms with E-state index in [9.17, 15) is 13.2 Å². The minimum atomic E-state index is -4.20. The molecule has 120 valence electrons. The first-order valence-corrected chi connectivity index (χ1v) is 7.54. The van der Waals surface area contributed by atoms with Crippen LogP contribution in [0.4, 0.5) is 24.8 Å². The van der Waals surface area contributed by atoms with Gasteiger partial charge in [-0.3, -0.25) is 0 Å². The number of alkyl halides is 3. The maximum absolute atomic E-state index is 12.1. The summed E-state index contributed by atoms with van der Waals surface area (Å²) in [6, 6.07) is 0. The predicted molar refractivity (Wildman–Crippen MR) is 82.0 cm³/mol. The molecule has 4 nitrogen and oxygen atoms in total. The molecule has 0 saturated heterocycles. The SMILES string of the molecule is CNc1nc(C(C)(C)C)nc(NCCSC(F)(F)F)c1C. The molecule has 0 unspecified atom stereocenters. The minimum absolute atomic E-state index is 0.0432. The van der Waals surface area contributed by atoms with Crippen LogP contribution in [0.25, 0.3) is 0 Å². The number of thioether (sulfide) groups is 1. The van der Waals surface area contributed by atoms with Crippen molar-refractivity contribution < 1.29 is 13.2 Å². The monoisotopic (exact) mass is 322 g/mol. The number of halogens is 3. The molecule has 0 aliphatic rings. The first-order chi connectivity index (χ1) is 9.54. The third-order valence-corrected chi connectivity index (χ3v) is 3.45. The fourth-order valence-electron chi connectivity index (χ4n) is 1.60. The van der Waals surface area contributed by atoms with Crippen LogP contribution >= 0.6 is 11.8 Å². The molecule has 1 aromatic rings. The maximum Gasteiger partial charge on any atom is 0.441 e. The van der Waals surface area contributed by atoms with Crippen molar-refractivity contribution in [3.8, 4) is 0 Å². The minimum Gasteiger partial charge on any atom is -0.373 e. The van der Waals surface area contributed by atoms with Gasteiger partial charge in [-0.15, -0.1) is 0 Å². The van der Waals surface area contributed by atoms with Crippen molar-refractivity contribution in [2.75, 3.05) is 30.0 Å². The fourth-order valence-corrected chi connectivity index (χ4v) is 2.04. The van der Waals surface area contributed by atoms with Crippen molar-refractivity contribution >= 4 is 23.4 Å². The van der Waals surface area contributed by atoms with E-state index in [1.807, 2.05) is 27.7 Å². The standard InChI is InChI=1S/C13H21F3N4S/c1-8-9(17-5)19-11(12(2,3)4)20-10(8)18-6-7-21-13(14,15)16/h6-7H2,1-5H3,(H2,17,18,19,20). The molecule has 0 radical (unpaired) electrons. The van der Waals surface area contributed by atoms with E-state index >= 15 is 0 Å². The number of aromatic nitrogens is 2. The Balaban J connectivity index is 2.86. The molecule has 1 heterocycles. The summed E-state index contributed by atoms with van der Waals surface area (Å²) in [6.45, 7) is 7.98. The van der Waals surface area contributed by atoms with E-state index in [0.717, 1.165) is 5.56 Å². The summed E-state index contributed by atoms with van der Waals surface area (Å²) in [4.78, 5) is 8.88. The van der Waals surface area contributed by atoms with Crippen molar-refractivity contribution in [3.05, 3.63) is 11.4 Å². The van der Waals surface area contributed by atoms with Crippen LogP contribution in [-0.4, -0.2) is 34.8 Å². The molecule has 2 N–H and O–H groups in total. The Morgan fingerprint density at radius 2 is 1.67 bits per heavy atom. The lowest BCUT2D eigenvalue weighted by Gasteiger charge is -2.20. The van der Waals surface area contributed by atoms with Gasteiger partial charge in [-0.2, -0.15) is 13.2 Å². The smallest absolute Gasteiger partial charge is 0.373 e. The number of nitrogens with one attached hydrogen (secondary N) is 2. The molecule has 0 atom stereocenters. The zero-order chi connectivity index (χ0) is 16.3. The van der Waals surface area contributed by atoms with E-state index in [4.69, 9.17) is 0 Å². The van der Waals surface area contributed by atoms with E-state index in [0.29, 0.717) is 17.5 Å². The van der Waals surface area contributed by atoms with E-state index in [-0.39, 0.29) is 29.5 Å². The average molecular weight is 322 g/mol. The summed E-state index contributed by atoms with van der Waals surface area (Å²) in [5.74, 6) is 1.83. The predicted octanol–water partition coefficient (Wildman–Crippen LogP) is 3.79. The summed E-state index contributed by atoms with van der Waals surface area (Å²) in [6.07, 6.45) is 0. The Labute approximate surface area is 127 Å². The molecule has 0 aliphatic heterocycles. The van der Waals surface area contributed by atoms with Crippen LogP contribution < -0.4 is 10.6 Å². The number of hydrogen-bond donors (Lipinski definition) is 2. The molecular formula is C13H21F3N4S. The molecule has 21 heavy (non-hydrogen) atoms. The van der Waals surface area contributed by atoms with Gasteiger partial charge in [-0.1, -0.05) is 20.8 Å². The van der Waals surface area contributed by atoms with Gasteiger partial charge < -0.3 is 10.6 Å². The normalized spacial score (nSPS) is 12.4. The van der Waals surface area contributed by atoms with Crippen LogP contribution in [0.3, 0.4) is 0 Å². The molecule has 0 aromatic carbocycles. The molecule has 8 heteroatoms. The first kappa shape index (κ1) is 17.9. The largest absolute Gasteiger partial charge is 0.441 e. The Hall–Kier alpha value is -1.18. The Morgan fingerprint density at radius 1 is 1.10 bits per heavy atom. The third-order valence-electron chi connectivity index (χ3n) is 2.71. The second-order valence-electron chi connectivity index (χ2n) is 5.59. The topological polar surface area (TPSA) is 49.8 Å². The highest BCUT2D eigenvalue weighted by molar-refractivity contribution is 8.00. The van der Waals surface area contributed by atoms with Gasteiger partial charge in [-0.25, -0.2) is 9.97 Å². The number of rotatable bonds is 5. The number of hydrogen-bond acceptors (Lipinski definition) is 5. The van der Waals surface area contributed by atoms with E-state index < -0.39 is 5.51 Å². The van der Waals surface area contributed by atoms with Gasteiger partial charge in [0.15, 0.2) is 0 Å². The van der Waals surface area contributed by atoms with Crippen LogP contribution in [-0.2, 0) is 5.41 Å². The van der Waals surface area contributed by atoms with Gasteiger partial charge in [0, 0.05) is 30.3 Å². The van der Waals surface area contributed by atoms with Gasteiger partial charge in [-0.05, 0) is 18.7 Å². The Kier molecular flexibility index (Phi) is 5.72. The molecule has 0 bridgehead atoms. The zero-order valence-electron chi connectivity index (χ0n) is 12.9. The van der Waals surface area contributed by atoms with Gasteiger partial charge in [0.1, 0.15) is 17.5 Å². The van der Waals surface area contributed by atoms with E-state index in [1.54, 1.807) is 7.05 Å². The molecule has 1 rings (SSSR count). The van der Waals surface area contributed by atoms with Gasteiger partial charge in [0.25, 0.3) is 0 Å². The van der Waals surface area contributed by atoms with Gasteiger partial charge >= 0.3 is 5.51 Å². The van der Waals surface area contributed by atoms with Crippen molar-refractivity contribution in [3.63, 3.8) is 0 Å².